The molecule has 4 rings (SSSR count). The van der Waals surface area contributed by atoms with Crippen molar-refractivity contribution in [3.63, 3.8) is 0 Å². The number of thioether (sulfide) groups is 1. The van der Waals surface area contributed by atoms with Crippen LogP contribution in [0.25, 0.3) is 4.85 Å². The molecule has 2 N–H and O–H groups in total. The third kappa shape index (κ3) is 5.67. The van der Waals surface area contributed by atoms with Crippen molar-refractivity contribution in [3.05, 3.63) is 132 Å². The standard InChI is InChI=1S/C28H23ClN4O4S/c1-17-24(27(34)32-22-13-6-7-14-23(22)37-3)25(20-11-4-5-12-21(20)29)26(30-2)28(31-17)38-16-18-9-8-10-19(15-18)33(35)36/h4-15,25,31H,16H2,1,3H3,(H,32,34). The van der Waals surface area contributed by atoms with Crippen LogP contribution in [0.1, 0.15) is 24.0 Å². The number of hydrogen-bond acceptors (Lipinski definition) is 6. The first kappa shape index (κ1) is 26.8. The number of allylic oxidation sites excluding steroid dienone is 2. The van der Waals surface area contributed by atoms with E-state index in [9.17, 15) is 14.9 Å². The molecule has 38 heavy (non-hydrogen) atoms. The zero-order valence-electron chi connectivity index (χ0n) is 20.5. The van der Waals surface area contributed by atoms with Crippen LogP contribution in [0, 0.1) is 16.7 Å². The summed E-state index contributed by atoms with van der Waals surface area (Å²) in [6, 6.07) is 20.6. The Hall–Kier alpha value is -4.26. The molecule has 1 atom stereocenters. The first-order valence-corrected chi connectivity index (χ1v) is 12.8. The van der Waals surface area contributed by atoms with Crippen LogP contribution in [0.2, 0.25) is 5.02 Å². The fourth-order valence-corrected chi connectivity index (χ4v) is 5.45. The average molecular weight is 547 g/mol. The zero-order chi connectivity index (χ0) is 27.2. The van der Waals surface area contributed by atoms with Crippen molar-refractivity contribution in [1.82, 2.24) is 5.32 Å². The Bertz CT molecular complexity index is 1510. The van der Waals surface area contributed by atoms with Crippen molar-refractivity contribution in [2.45, 2.75) is 18.6 Å². The van der Waals surface area contributed by atoms with Gasteiger partial charge in [0, 0.05) is 34.2 Å². The molecule has 1 heterocycles. The summed E-state index contributed by atoms with van der Waals surface area (Å²) in [7, 11) is 1.52. The second-order valence-corrected chi connectivity index (χ2v) is 9.71. The second-order valence-electron chi connectivity index (χ2n) is 8.31. The van der Waals surface area contributed by atoms with Gasteiger partial charge in [0.05, 0.1) is 35.2 Å². The molecule has 0 saturated carbocycles. The smallest absolute Gasteiger partial charge is 0.269 e. The molecule has 10 heteroatoms. The quantitative estimate of drug-likeness (QED) is 0.181. The van der Waals surface area contributed by atoms with E-state index in [0.29, 0.717) is 49.8 Å². The minimum absolute atomic E-state index is 0.000553. The van der Waals surface area contributed by atoms with Gasteiger partial charge in [-0.05, 0) is 36.2 Å². The molecule has 0 radical (unpaired) electrons. The van der Waals surface area contributed by atoms with Crippen molar-refractivity contribution < 1.29 is 14.5 Å². The maximum Gasteiger partial charge on any atom is 0.269 e. The summed E-state index contributed by atoms with van der Waals surface area (Å²) >= 11 is 7.92. The van der Waals surface area contributed by atoms with Gasteiger partial charge in [0.25, 0.3) is 11.6 Å². The molecule has 3 aromatic rings. The Labute approximate surface area is 229 Å². The molecule has 0 spiro atoms. The van der Waals surface area contributed by atoms with Gasteiger partial charge >= 0.3 is 0 Å². The Morgan fingerprint density at radius 3 is 2.63 bits per heavy atom. The summed E-state index contributed by atoms with van der Waals surface area (Å²) in [5.74, 6) is -0.238. The van der Waals surface area contributed by atoms with E-state index < -0.39 is 16.7 Å². The van der Waals surface area contributed by atoms with Gasteiger partial charge < -0.3 is 15.4 Å². The highest BCUT2D eigenvalue weighted by Crippen LogP contribution is 2.44. The topological polar surface area (TPSA) is 97.9 Å². The Kier molecular flexibility index (Phi) is 8.36. The molecule has 0 fully saturated rings. The number of hydrogen-bond donors (Lipinski definition) is 2. The van der Waals surface area contributed by atoms with Crippen LogP contribution in [0.4, 0.5) is 11.4 Å². The van der Waals surface area contributed by atoms with Gasteiger partial charge in [0.15, 0.2) is 0 Å². The minimum Gasteiger partial charge on any atom is -0.495 e. The molecule has 8 nitrogen and oxygen atoms in total. The molecular weight excluding hydrogens is 524 g/mol. The normalized spacial score (nSPS) is 14.9. The van der Waals surface area contributed by atoms with Crippen LogP contribution in [0.3, 0.4) is 0 Å². The second kappa shape index (κ2) is 11.9. The molecule has 1 amide bonds. The highest BCUT2D eigenvalue weighted by molar-refractivity contribution is 8.02. The number of amides is 1. The molecular formula is C28H23ClN4O4S. The predicted octanol–water partition coefficient (Wildman–Crippen LogP) is 6.88. The summed E-state index contributed by atoms with van der Waals surface area (Å²) in [5.41, 5.74) is 3.09. The van der Waals surface area contributed by atoms with E-state index in [1.807, 2.05) is 6.07 Å². The number of nitrogens with zero attached hydrogens (tertiary/aromatic N) is 2. The lowest BCUT2D eigenvalue weighted by Crippen LogP contribution is -2.30. The molecule has 1 aliphatic rings. The number of benzene rings is 3. The summed E-state index contributed by atoms with van der Waals surface area (Å²) in [6.45, 7) is 9.81. The number of non-ortho nitro benzene ring substituents is 1. The number of nitrogens with one attached hydrogen (secondary N) is 2. The Morgan fingerprint density at radius 1 is 1.18 bits per heavy atom. The summed E-state index contributed by atoms with van der Waals surface area (Å²) in [6.07, 6.45) is 0. The molecule has 3 aromatic carbocycles. The molecule has 1 aliphatic heterocycles. The van der Waals surface area contributed by atoms with Gasteiger partial charge in [-0.25, -0.2) is 4.85 Å². The number of halogens is 1. The molecule has 0 aliphatic carbocycles. The first-order valence-electron chi connectivity index (χ1n) is 11.5. The number of ether oxygens (including phenoxy) is 1. The van der Waals surface area contributed by atoms with Crippen molar-refractivity contribution in [1.29, 1.82) is 0 Å². The van der Waals surface area contributed by atoms with E-state index in [4.69, 9.17) is 22.9 Å². The van der Waals surface area contributed by atoms with Crippen LogP contribution < -0.4 is 15.4 Å². The molecule has 0 saturated heterocycles. The van der Waals surface area contributed by atoms with Crippen LogP contribution in [0.5, 0.6) is 5.75 Å². The van der Waals surface area contributed by atoms with E-state index in [2.05, 4.69) is 15.5 Å². The van der Waals surface area contributed by atoms with Crippen LogP contribution >= 0.6 is 23.4 Å². The average Bonchev–Trinajstić information content (AvgIpc) is 2.92. The van der Waals surface area contributed by atoms with Crippen LogP contribution in [0.15, 0.2) is 94.8 Å². The lowest BCUT2D eigenvalue weighted by atomic mass is 9.85. The monoisotopic (exact) mass is 546 g/mol. The summed E-state index contributed by atoms with van der Waals surface area (Å²) in [5, 5.41) is 18.3. The van der Waals surface area contributed by atoms with Crippen LogP contribution in [-0.4, -0.2) is 17.9 Å². The number of carbonyl (C=O) groups excluding carboxylic acids is 1. The SMILES string of the molecule is [C-]#[N+]C1=C(SCc2cccc([N+](=O)[O-])c2)NC(C)=C(C(=O)Nc2ccccc2OC)C1c1ccccc1Cl. The van der Waals surface area contributed by atoms with Gasteiger partial charge in [-0.2, -0.15) is 0 Å². The van der Waals surface area contributed by atoms with E-state index in [1.54, 1.807) is 61.5 Å². The van der Waals surface area contributed by atoms with Gasteiger partial charge in [-0.3, -0.25) is 14.9 Å². The van der Waals surface area contributed by atoms with E-state index in [-0.39, 0.29) is 5.69 Å². The number of para-hydroxylation sites is 2. The van der Waals surface area contributed by atoms with Gasteiger partial charge in [0.2, 0.25) is 5.70 Å². The molecule has 1 unspecified atom stereocenters. The fourth-order valence-electron chi connectivity index (χ4n) is 4.18. The highest BCUT2D eigenvalue weighted by Gasteiger charge is 2.36. The Morgan fingerprint density at radius 2 is 1.92 bits per heavy atom. The lowest BCUT2D eigenvalue weighted by molar-refractivity contribution is -0.384. The lowest BCUT2D eigenvalue weighted by Gasteiger charge is -2.30. The number of dihydropyridines is 1. The van der Waals surface area contributed by atoms with Gasteiger partial charge in [-0.15, -0.1) is 11.8 Å². The van der Waals surface area contributed by atoms with Crippen molar-refractivity contribution in [2.75, 3.05) is 12.4 Å². The Balaban J connectivity index is 1.73. The number of rotatable bonds is 8. The number of methoxy groups -OCH3 is 1. The van der Waals surface area contributed by atoms with Crippen molar-refractivity contribution in [2.24, 2.45) is 0 Å². The fraction of sp³-hybridized carbons (Fsp3) is 0.143. The third-order valence-electron chi connectivity index (χ3n) is 5.94. The van der Waals surface area contributed by atoms with E-state index in [1.165, 1.54) is 31.0 Å². The molecule has 0 aromatic heterocycles. The third-order valence-corrected chi connectivity index (χ3v) is 7.36. The largest absolute Gasteiger partial charge is 0.495 e. The maximum atomic E-state index is 13.7. The zero-order valence-corrected chi connectivity index (χ0v) is 22.1. The van der Waals surface area contributed by atoms with Crippen LogP contribution in [-0.2, 0) is 10.5 Å². The molecule has 0 bridgehead atoms. The number of nitro benzene ring substituents is 1. The highest BCUT2D eigenvalue weighted by atomic mass is 35.5. The number of nitro groups is 1. The van der Waals surface area contributed by atoms with Gasteiger partial charge in [-0.1, -0.05) is 54.1 Å². The van der Waals surface area contributed by atoms with Crippen molar-refractivity contribution in [3.8, 4) is 5.75 Å². The first-order chi connectivity index (χ1) is 18.3. The number of carbonyl (C=O) groups is 1. The molecule has 192 valence electrons. The minimum atomic E-state index is -0.732. The predicted molar refractivity (Wildman–Crippen MR) is 150 cm³/mol. The number of anilines is 1. The van der Waals surface area contributed by atoms with E-state index >= 15 is 0 Å². The van der Waals surface area contributed by atoms with E-state index in [0.717, 1.165) is 5.56 Å². The summed E-state index contributed by atoms with van der Waals surface area (Å²) in [4.78, 5) is 28.3. The van der Waals surface area contributed by atoms with Crippen molar-refractivity contribution >= 4 is 40.6 Å². The summed E-state index contributed by atoms with van der Waals surface area (Å²) < 4.78 is 5.38. The maximum absolute atomic E-state index is 13.7. The van der Waals surface area contributed by atoms with Gasteiger partial charge in [0.1, 0.15) is 5.75 Å².